The van der Waals surface area contributed by atoms with Gasteiger partial charge in [-0.15, -0.1) is 0 Å². The van der Waals surface area contributed by atoms with Crippen LogP contribution in [0.1, 0.15) is 0 Å². The fraction of sp³-hybridized carbons (Fsp3) is 1.00. The molecule has 0 aliphatic heterocycles. The highest BCUT2D eigenvalue weighted by molar-refractivity contribution is 4.48. The number of hydrogen-bond donors (Lipinski definition) is 4. The maximum Gasteiger partial charge on any atom is 0.0931 e. The van der Waals surface area contributed by atoms with E-state index in [0.717, 1.165) is 19.6 Å². The Bertz CT molecular complexity index is 45.5. The monoisotopic (exact) mass is 133 g/mol. The van der Waals surface area contributed by atoms with Crippen LogP contribution in [0.25, 0.3) is 0 Å². The van der Waals surface area contributed by atoms with Crippen LogP contribution in [0.3, 0.4) is 0 Å². The van der Waals surface area contributed by atoms with E-state index in [-0.39, 0.29) is 6.73 Å². The number of nitrogens with two attached hydrogens (primary N) is 1. The summed E-state index contributed by atoms with van der Waals surface area (Å²) in [4.78, 5) is 0. The van der Waals surface area contributed by atoms with Crippen molar-refractivity contribution in [3.63, 3.8) is 0 Å². The van der Waals surface area contributed by atoms with Gasteiger partial charge in [0.25, 0.3) is 0 Å². The van der Waals surface area contributed by atoms with E-state index in [1.54, 1.807) is 0 Å². The Kier molecular flexibility index (Phi) is 7.70. The van der Waals surface area contributed by atoms with Crippen LogP contribution in [0.4, 0.5) is 0 Å². The van der Waals surface area contributed by atoms with Crippen LogP contribution in [0.2, 0.25) is 0 Å². The van der Waals surface area contributed by atoms with Crippen molar-refractivity contribution in [2.24, 2.45) is 5.73 Å². The molecule has 0 unspecified atom stereocenters. The first-order valence-corrected chi connectivity index (χ1v) is 3.14. The summed E-state index contributed by atoms with van der Waals surface area (Å²) in [5.74, 6) is 0. The maximum atomic E-state index is 8.26. The van der Waals surface area contributed by atoms with Gasteiger partial charge in [-0.05, 0) is 0 Å². The zero-order valence-electron chi connectivity index (χ0n) is 5.56. The lowest BCUT2D eigenvalue weighted by Crippen LogP contribution is -2.30. The summed E-state index contributed by atoms with van der Waals surface area (Å²) in [6.45, 7) is 3.20. The van der Waals surface area contributed by atoms with Crippen LogP contribution in [0, 0.1) is 0 Å². The first kappa shape index (κ1) is 8.84. The Morgan fingerprint density at radius 2 is 1.78 bits per heavy atom. The number of aliphatic hydroxyl groups is 1. The van der Waals surface area contributed by atoms with E-state index in [4.69, 9.17) is 10.8 Å². The van der Waals surface area contributed by atoms with Crippen LogP contribution in [0.15, 0.2) is 0 Å². The third-order valence-electron chi connectivity index (χ3n) is 0.911. The van der Waals surface area contributed by atoms with Gasteiger partial charge in [0.15, 0.2) is 0 Å². The van der Waals surface area contributed by atoms with E-state index in [2.05, 4.69) is 10.6 Å². The predicted molar refractivity (Wildman–Crippen MR) is 37.0 cm³/mol. The molecule has 4 nitrogen and oxygen atoms in total. The molecule has 0 fully saturated rings. The average Bonchev–Trinajstić information content (AvgIpc) is 1.89. The first-order chi connectivity index (χ1) is 4.41. The van der Waals surface area contributed by atoms with Gasteiger partial charge in [-0.3, -0.25) is 5.32 Å². The van der Waals surface area contributed by atoms with E-state index in [9.17, 15) is 0 Å². The molecule has 0 rings (SSSR count). The van der Waals surface area contributed by atoms with Gasteiger partial charge in [-0.25, -0.2) is 0 Å². The molecule has 0 spiro atoms. The summed E-state index contributed by atoms with van der Waals surface area (Å²) in [7, 11) is 0. The lowest BCUT2D eigenvalue weighted by molar-refractivity contribution is 0.261. The molecular formula is C5H15N3O. The van der Waals surface area contributed by atoms with Crippen LogP contribution in [-0.4, -0.2) is 38.0 Å². The molecule has 0 heterocycles. The van der Waals surface area contributed by atoms with E-state index in [1.807, 2.05) is 0 Å². The van der Waals surface area contributed by atoms with Crippen LogP contribution >= 0.6 is 0 Å². The highest BCUT2D eigenvalue weighted by atomic mass is 16.3. The molecule has 0 aromatic carbocycles. The Morgan fingerprint density at radius 1 is 1.11 bits per heavy atom. The second kappa shape index (κ2) is 7.84. The molecule has 0 saturated carbocycles. The maximum absolute atomic E-state index is 8.26. The molecule has 0 bridgehead atoms. The van der Waals surface area contributed by atoms with Gasteiger partial charge in [-0.2, -0.15) is 0 Å². The topological polar surface area (TPSA) is 70.3 Å². The zero-order valence-corrected chi connectivity index (χ0v) is 5.56. The minimum absolute atomic E-state index is 0.0459. The summed E-state index contributed by atoms with van der Waals surface area (Å²) < 4.78 is 0. The second-order valence-electron chi connectivity index (χ2n) is 1.70. The van der Waals surface area contributed by atoms with Gasteiger partial charge in [-0.1, -0.05) is 0 Å². The molecule has 5 N–H and O–H groups in total. The molecule has 0 aromatic heterocycles. The van der Waals surface area contributed by atoms with Crippen molar-refractivity contribution in [1.82, 2.24) is 10.6 Å². The molecule has 4 heteroatoms. The average molecular weight is 133 g/mol. The summed E-state index contributed by atoms with van der Waals surface area (Å²) in [5, 5.41) is 14.1. The smallest absolute Gasteiger partial charge is 0.0931 e. The molecule has 0 saturated heterocycles. The van der Waals surface area contributed by atoms with Crippen molar-refractivity contribution in [2.45, 2.75) is 0 Å². The van der Waals surface area contributed by atoms with Gasteiger partial charge < -0.3 is 16.2 Å². The van der Waals surface area contributed by atoms with E-state index < -0.39 is 0 Å². The van der Waals surface area contributed by atoms with Gasteiger partial charge in [0.2, 0.25) is 0 Å². The van der Waals surface area contributed by atoms with Crippen molar-refractivity contribution < 1.29 is 5.11 Å². The summed E-state index contributed by atoms with van der Waals surface area (Å²) >= 11 is 0. The fourth-order valence-electron chi connectivity index (χ4n) is 0.483. The summed E-state index contributed by atoms with van der Waals surface area (Å²) in [6.07, 6.45) is 0. The van der Waals surface area contributed by atoms with Crippen molar-refractivity contribution >= 4 is 0 Å². The van der Waals surface area contributed by atoms with Crippen LogP contribution in [-0.2, 0) is 0 Å². The number of hydrogen-bond acceptors (Lipinski definition) is 4. The van der Waals surface area contributed by atoms with E-state index >= 15 is 0 Å². The Hall–Kier alpha value is -0.160. The minimum Gasteiger partial charge on any atom is -0.381 e. The van der Waals surface area contributed by atoms with Crippen molar-refractivity contribution in [1.29, 1.82) is 0 Å². The van der Waals surface area contributed by atoms with Gasteiger partial charge in [0.05, 0.1) is 6.73 Å². The number of rotatable bonds is 6. The SMILES string of the molecule is NCCNCCNCO. The molecule has 9 heavy (non-hydrogen) atoms. The molecule has 0 aliphatic carbocycles. The van der Waals surface area contributed by atoms with E-state index in [1.165, 1.54) is 0 Å². The Labute approximate surface area is 55.4 Å². The van der Waals surface area contributed by atoms with Crippen LogP contribution in [0.5, 0.6) is 0 Å². The molecule has 0 aliphatic rings. The first-order valence-electron chi connectivity index (χ1n) is 3.14. The minimum atomic E-state index is 0.0459. The standard InChI is InChI=1S/C5H15N3O/c6-1-2-7-3-4-8-5-9/h7-9H,1-6H2. The summed E-state index contributed by atoms with van der Waals surface area (Å²) in [5.41, 5.74) is 5.21. The van der Waals surface area contributed by atoms with Crippen molar-refractivity contribution in [2.75, 3.05) is 32.9 Å². The van der Waals surface area contributed by atoms with Gasteiger partial charge >= 0.3 is 0 Å². The second-order valence-corrected chi connectivity index (χ2v) is 1.70. The molecular weight excluding hydrogens is 118 g/mol. The normalized spacial score (nSPS) is 10.0. The Morgan fingerprint density at radius 3 is 2.33 bits per heavy atom. The largest absolute Gasteiger partial charge is 0.381 e. The molecule has 0 atom stereocenters. The lowest BCUT2D eigenvalue weighted by Gasteiger charge is -2.01. The highest BCUT2D eigenvalue weighted by Crippen LogP contribution is 1.55. The van der Waals surface area contributed by atoms with Gasteiger partial charge in [0, 0.05) is 26.2 Å². The van der Waals surface area contributed by atoms with Gasteiger partial charge in [0.1, 0.15) is 0 Å². The summed E-state index contributed by atoms with van der Waals surface area (Å²) in [6, 6.07) is 0. The number of aliphatic hydroxyl groups excluding tert-OH is 1. The third kappa shape index (κ3) is 7.84. The quantitative estimate of drug-likeness (QED) is 0.252. The molecule has 0 radical (unpaired) electrons. The molecule has 56 valence electrons. The number of nitrogens with one attached hydrogen (secondary N) is 2. The Balaban J connectivity index is 2.60. The fourth-order valence-corrected chi connectivity index (χ4v) is 0.483. The van der Waals surface area contributed by atoms with Crippen molar-refractivity contribution in [3.05, 3.63) is 0 Å². The van der Waals surface area contributed by atoms with Crippen LogP contribution < -0.4 is 16.4 Å². The predicted octanol–water partition coefficient (Wildman–Crippen LogP) is -1.93. The van der Waals surface area contributed by atoms with E-state index in [0.29, 0.717) is 6.54 Å². The molecule has 0 amide bonds. The third-order valence-corrected chi connectivity index (χ3v) is 0.911. The highest BCUT2D eigenvalue weighted by Gasteiger charge is 1.82. The van der Waals surface area contributed by atoms with Crippen molar-refractivity contribution in [3.8, 4) is 0 Å². The zero-order chi connectivity index (χ0) is 6.95. The lowest BCUT2D eigenvalue weighted by atomic mass is 10.5. The molecule has 0 aromatic rings.